The molecule has 0 saturated heterocycles. The molecule has 18 heavy (non-hydrogen) atoms. The highest BCUT2D eigenvalue weighted by Crippen LogP contribution is 2.28. The van der Waals surface area contributed by atoms with Gasteiger partial charge in [-0.3, -0.25) is 0 Å². The van der Waals surface area contributed by atoms with Crippen LogP contribution in [0.1, 0.15) is 30.9 Å². The van der Waals surface area contributed by atoms with Crippen LogP contribution in [0, 0.1) is 0 Å². The molecule has 0 atom stereocenters. The van der Waals surface area contributed by atoms with Crippen molar-refractivity contribution in [3.63, 3.8) is 0 Å². The molecular weight excluding hydrogens is 246 g/mol. The van der Waals surface area contributed by atoms with Crippen molar-refractivity contribution in [3.8, 4) is 0 Å². The number of rotatable bonds is 4. The van der Waals surface area contributed by atoms with Gasteiger partial charge in [-0.05, 0) is 11.5 Å². The second-order valence-corrected chi connectivity index (χ2v) is 4.78. The van der Waals surface area contributed by atoms with Crippen LogP contribution in [0.15, 0.2) is 36.7 Å². The molecule has 0 fully saturated rings. The van der Waals surface area contributed by atoms with Crippen LogP contribution in [0.3, 0.4) is 0 Å². The van der Waals surface area contributed by atoms with Crippen LogP contribution < -0.4 is 5.32 Å². The summed E-state index contributed by atoms with van der Waals surface area (Å²) in [5.74, 6) is 1.10. The Balaban J connectivity index is 2.17. The molecule has 0 aliphatic heterocycles. The zero-order valence-corrected chi connectivity index (χ0v) is 11.3. The van der Waals surface area contributed by atoms with E-state index in [1.807, 2.05) is 18.2 Å². The molecule has 4 heteroatoms. The highest BCUT2D eigenvalue weighted by molar-refractivity contribution is 6.30. The molecule has 0 saturated carbocycles. The zero-order chi connectivity index (χ0) is 13.0. The van der Waals surface area contributed by atoms with Gasteiger partial charge in [0.05, 0.1) is 0 Å². The first-order valence-corrected chi connectivity index (χ1v) is 6.34. The predicted molar refractivity (Wildman–Crippen MR) is 74.9 cm³/mol. The normalized spacial score (nSPS) is 10.7. The monoisotopic (exact) mass is 261 g/mol. The quantitative estimate of drug-likeness (QED) is 0.849. The number of nitrogens with zero attached hydrogens (tertiary/aromatic N) is 2. The fourth-order valence-electron chi connectivity index (χ4n) is 1.81. The smallest absolute Gasteiger partial charge is 0.138 e. The van der Waals surface area contributed by atoms with E-state index in [0.717, 1.165) is 17.9 Å². The van der Waals surface area contributed by atoms with Crippen LogP contribution in [0.25, 0.3) is 0 Å². The fourth-order valence-corrected chi connectivity index (χ4v) is 2.16. The third-order valence-corrected chi connectivity index (χ3v) is 3.02. The van der Waals surface area contributed by atoms with Gasteiger partial charge in [-0.25, -0.2) is 9.97 Å². The lowest BCUT2D eigenvalue weighted by atomic mass is 10.1. The third kappa shape index (κ3) is 2.99. The third-order valence-electron chi connectivity index (χ3n) is 2.72. The van der Waals surface area contributed by atoms with Gasteiger partial charge in [0.1, 0.15) is 17.3 Å². The summed E-state index contributed by atoms with van der Waals surface area (Å²) in [4.78, 5) is 8.30. The van der Waals surface area contributed by atoms with Crippen LogP contribution in [0.4, 0.5) is 5.82 Å². The van der Waals surface area contributed by atoms with Crippen LogP contribution in [-0.4, -0.2) is 9.97 Å². The molecule has 94 valence electrons. The van der Waals surface area contributed by atoms with E-state index in [-0.39, 0.29) is 5.92 Å². The van der Waals surface area contributed by atoms with Crippen molar-refractivity contribution >= 4 is 17.4 Å². The first kappa shape index (κ1) is 12.8. The van der Waals surface area contributed by atoms with E-state index < -0.39 is 0 Å². The highest BCUT2D eigenvalue weighted by Gasteiger charge is 2.12. The average Bonchev–Trinajstić information content (AvgIpc) is 2.37. The molecule has 1 aromatic carbocycles. The lowest BCUT2D eigenvalue weighted by Gasteiger charge is -2.14. The van der Waals surface area contributed by atoms with Crippen LogP contribution in [0.5, 0.6) is 0 Å². The summed E-state index contributed by atoms with van der Waals surface area (Å²) in [5, 5.41) is 3.84. The fraction of sp³-hybridized carbons (Fsp3) is 0.286. The highest BCUT2D eigenvalue weighted by atomic mass is 35.5. The van der Waals surface area contributed by atoms with E-state index in [9.17, 15) is 0 Å². The summed E-state index contributed by atoms with van der Waals surface area (Å²) in [5.41, 5.74) is 2.18. The van der Waals surface area contributed by atoms with Gasteiger partial charge in [-0.1, -0.05) is 55.8 Å². The number of aromatic nitrogens is 2. The molecular formula is C14H16ClN3. The number of hydrogen-bond donors (Lipinski definition) is 1. The molecule has 0 aliphatic carbocycles. The average molecular weight is 262 g/mol. The van der Waals surface area contributed by atoms with Crippen molar-refractivity contribution in [1.29, 1.82) is 0 Å². The Hall–Kier alpha value is -1.61. The van der Waals surface area contributed by atoms with Gasteiger partial charge in [0.25, 0.3) is 0 Å². The van der Waals surface area contributed by atoms with Crippen LogP contribution in [0.2, 0.25) is 5.15 Å². The molecule has 1 aromatic heterocycles. The predicted octanol–water partition coefficient (Wildman–Crippen LogP) is 3.87. The Kier molecular flexibility index (Phi) is 4.15. The molecule has 0 unspecified atom stereocenters. The van der Waals surface area contributed by atoms with E-state index in [1.54, 1.807) is 0 Å². The topological polar surface area (TPSA) is 37.8 Å². The number of halogens is 1. The molecule has 0 bridgehead atoms. The molecule has 0 aliphatic rings. The van der Waals surface area contributed by atoms with Crippen molar-refractivity contribution in [1.82, 2.24) is 9.97 Å². The Morgan fingerprint density at radius 3 is 2.56 bits per heavy atom. The molecule has 1 heterocycles. The van der Waals surface area contributed by atoms with Gasteiger partial charge in [-0.2, -0.15) is 0 Å². The first-order chi connectivity index (χ1) is 8.68. The minimum absolute atomic E-state index is 0.289. The Bertz CT molecular complexity index is 512. The van der Waals surface area contributed by atoms with Gasteiger partial charge in [0, 0.05) is 12.1 Å². The summed E-state index contributed by atoms with van der Waals surface area (Å²) < 4.78 is 0. The standard InChI is InChI=1S/C14H16ClN3/c1-10(2)12-13(15)17-9-18-14(12)16-8-11-6-4-3-5-7-11/h3-7,9-10H,8H2,1-2H3,(H,16,17,18). The molecule has 2 aromatic rings. The number of anilines is 1. The van der Waals surface area contributed by atoms with E-state index in [1.165, 1.54) is 11.9 Å². The molecule has 2 rings (SSSR count). The van der Waals surface area contributed by atoms with Crippen molar-refractivity contribution in [3.05, 3.63) is 52.9 Å². The van der Waals surface area contributed by atoms with Crippen molar-refractivity contribution in [2.45, 2.75) is 26.3 Å². The van der Waals surface area contributed by atoms with Gasteiger partial charge in [0.2, 0.25) is 0 Å². The van der Waals surface area contributed by atoms with Gasteiger partial charge >= 0.3 is 0 Å². The lowest BCUT2D eigenvalue weighted by Crippen LogP contribution is -2.07. The maximum atomic E-state index is 6.12. The number of hydrogen-bond acceptors (Lipinski definition) is 3. The zero-order valence-electron chi connectivity index (χ0n) is 10.5. The lowest BCUT2D eigenvalue weighted by molar-refractivity contribution is 0.844. The number of nitrogens with one attached hydrogen (secondary N) is 1. The Morgan fingerprint density at radius 2 is 1.89 bits per heavy atom. The second-order valence-electron chi connectivity index (χ2n) is 4.42. The van der Waals surface area contributed by atoms with Crippen molar-refractivity contribution < 1.29 is 0 Å². The summed E-state index contributed by atoms with van der Waals surface area (Å²) in [7, 11) is 0. The Labute approximate surface area is 112 Å². The molecule has 0 radical (unpaired) electrons. The van der Waals surface area contributed by atoms with E-state index in [0.29, 0.717) is 5.15 Å². The molecule has 0 amide bonds. The molecule has 0 spiro atoms. The summed E-state index contributed by atoms with van der Waals surface area (Å²) in [6, 6.07) is 10.2. The van der Waals surface area contributed by atoms with Gasteiger partial charge in [-0.15, -0.1) is 0 Å². The van der Waals surface area contributed by atoms with Gasteiger partial charge in [0.15, 0.2) is 0 Å². The maximum absolute atomic E-state index is 6.12. The largest absolute Gasteiger partial charge is 0.366 e. The molecule has 3 nitrogen and oxygen atoms in total. The van der Waals surface area contributed by atoms with Gasteiger partial charge < -0.3 is 5.32 Å². The van der Waals surface area contributed by atoms with Crippen molar-refractivity contribution in [2.75, 3.05) is 5.32 Å². The first-order valence-electron chi connectivity index (χ1n) is 5.96. The Morgan fingerprint density at radius 1 is 1.17 bits per heavy atom. The van der Waals surface area contributed by atoms with E-state index >= 15 is 0 Å². The minimum atomic E-state index is 0.289. The summed E-state index contributed by atoms with van der Waals surface area (Å²) in [6.45, 7) is 4.89. The number of benzene rings is 1. The van der Waals surface area contributed by atoms with E-state index in [4.69, 9.17) is 11.6 Å². The summed E-state index contributed by atoms with van der Waals surface area (Å²) in [6.07, 6.45) is 1.49. The van der Waals surface area contributed by atoms with Crippen LogP contribution in [-0.2, 0) is 6.54 Å². The SMILES string of the molecule is CC(C)c1c(Cl)ncnc1NCc1ccccc1. The van der Waals surface area contributed by atoms with Crippen molar-refractivity contribution in [2.24, 2.45) is 0 Å². The maximum Gasteiger partial charge on any atom is 0.138 e. The minimum Gasteiger partial charge on any atom is -0.366 e. The molecule has 1 N–H and O–H groups in total. The summed E-state index contributed by atoms with van der Waals surface area (Å²) >= 11 is 6.12. The van der Waals surface area contributed by atoms with E-state index in [2.05, 4.69) is 41.3 Å². The van der Waals surface area contributed by atoms with Crippen LogP contribution >= 0.6 is 11.6 Å². The second kappa shape index (κ2) is 5.83.